The number of ether oxygens (including phenoxy) is 1. The molecular weight excluding hydrogens is 440 g/mol. The highest BCUT2D eigenvalue weighted by Crippen LogP contribution is 2.32. The monoisotopic (exact) mass is 480 g/mol. The predicted molar refractivity (Wildman–Crippen MR) is 143 cm³/mol. The van der Waals surface area contributed by atoms with Crippen LogP contribution >= 0.6 is 11.6 Å². The van der Waals surface area contributed by atoms with Crippen molar-refractivity contribution in [3.05, 3.63) is 53.1 Å². The summed E-state index contributed by atoms with van der Waals surface area (Å²) in [7, 11) is 0. The van der Waals surface area contributed by atoms with Gasteiger partial charge in [0.15, 0.2) is 0 Å². The predicted octanol–water partition coefficient (Wildman–Crippen LogP) is 7.07. The number of rotatable bonds is 8. The van der Waals surface area contributed by atoms with Gasteiger partial charge >= 0.3 is 0 Å². The molecule has 2 aliphatic heterocycles. The summed E-state index contributed by atoms with van der Waals surface area (Å²) in [5, 5.41) is 0.912. The normalized spacial score (nSPS) is 22.8. The van der Waals surface area contributed by atoms with Crippen molar-refractivity contribution in [1.82, 2.24) is 9.80 Å². The lowest BCUT2D eigenvalue weighted by atomic mass is 9.94. The van der Waals surface area contributed by atoms with Crippen LogP contribution in [0.15, 0.2) is 42.5 Å². The van der Waals surface area contributed by atoms with Crippen molar-refractivity contribution in [1.29, 1.82) is 0 Å². The van der Waals surface area contributed by atoms with Crippen LogP contribution in [0.25, 0.3) is 11.1 Å². The Labute approximate surface area is 211 Å². The van der Waals surface area contributed by atoms with Crippen LogP contribution in [-0.2, 0) is 6.42 Å². The second kappa shape index (κ2) is 11.9. The lowest BCUT2D eigenvalue weighted by Crippen LogP contribution is -2.35. The molecule has 2 aromatic carbocycles. The van der Waals surface area contributed by atoms with Crippen molar-refractivity contribution in [3.8, 4) is 16.9 Å². The van der Waals surface area contributed by atoms with E-state index in [9.17, 15) is 0 Å². The van der Waals surface area contributed by atoms with Crippen LogP contribution in [0.3, 0.4) is 0 Å². The molecule has 0 aromatic heterocycles. The molecule has 0 spiro atoms. The second-order valence-electron chi connectivity index (χ2n) is 10.7. The molecule has 0 N–H and O–H groups in total. The summed E-state index contributed by atoms with van der Waals surface area (Å²) < 4.78 is 6.00. The number of hydrogen-bond acceptors (Lipinski definition) is 3. The van der Waals surface area contributed by atoms with E-state index in [1.165, 1.54) is 101 Å². The SMILES string of the molecule is Clc1cc(-c2ccc(OCCN3CCCCC3)cc2)ccc1CC1CCN(C2CCCCC2)C1. The summed E-state index contributed by atoms with van der Waals surface area (Å²) in [6.45, 7) is 6.76. The molecule has 1 aliphatic carbocycles. The average Bonchev–Trinajstić information content (AvgIpc) is 3.36. The van der Waals surface area contributed by atoms with Gasteiger partial charge < -0.3 is 9.64 Å². The van der Waals surface area contributed by atoms with E-state index in [4.69, 9.17) is 16.3 Å². The molecule has 34 heavy (non-hydrogen) atoms. The quantitative estimate of drug-likeness (QED) is 0.401. The first-order chi connectivity index (χ1) is 16.7. The molecule has 3 aliphatic rings. The Morgan fingerprint density at radius 3 is 2.29 bits per heavy atom. The maximum absolute atomic E-state index is 6.77. The fourth-order valence-corrected chi connectivity index (χ4v) is 6.49. The van der Waals surface area contributed by atoms with Crippen LogP contribution < -0.4 is 4.74 Å². The molecule has 2 aromatic rings. The standard InChI is InChI=1S/C30H41ClN2O/c31-30-22-26(25-11-13-29(14-12-25)34-20-19-32-16-5-2-6-17-32)9-10-27(30)21-24-15-18-33(23-24)28-7-3-1-4-8-28/h9-14,22,24,28H,1-8,15-21,23H2. The van der Waals surface area contributed by atoms with E-state index in [0.29, 0.717) is 0 Å². The molecule has 5 rings (SSSR count). The van der Waals surface area contributed by atoms with Crippen molar-refractivity contribution < 1.29 is 4.74 Å². The molecule has 0 bridgehead atoms. The molecule has 2 saturated heterocycles. The van der Waals surface area contributed by atoms with Crippen LogP contribution in [0.1, 0.15) is 63.4 Å². The van der Waals surface area contributed by atoms with Gasteiger partial charge in [-0.05, 0) is 99.0 Å². The summed E-state index contributed by atoms with van der Waals surface area (Å²) in [4.78, 5) is 5.28. The molecule has 2 heterocycles. The summed E-state index contributed by atoms with van der Waals surface area (Å²) in [5.41, 5.74) is 3.68. The number of benzene rings is 2. The van der Waals surface area contributed by atoms with E-state index in [1.54, 1.807) is 0 Å². The highest BCUT2D eigenvalue weighted by Gasteiger charge is 2.29. The van der Waals surface area contributed by atoms with Crippen molar-refractivity contribution in [2.45, 2.75) is 70.3 Å². The first-order valence-electron chi connectivity index (χ1n) is 13.7. The van der Waals surface area contributed by atoms with Crippen LogP contribution in [0.4, 0.5) is 0 Å². The number of likely N-dealkylation sites (tertiary alicyclic amines) is 2. The van der Waals surface area contributed by atoms with Gasteiger partial charge in [-0.2, -0.15) is 0 Å². The Balaban J connectivity index is 1.12. The van der Waals surface area contributed by atoms with Gasteiger partial charge in [-0.3, -0.25) is 4.90 Å². The molecule has 0 amide bonds. The van der Waals surface area contributed by atoms with Crippen molar-refractivity contribution in [2.24, 2.45) is 5.92 Å². The summed E-state index contributed by atoms with van der Waals surface area (Å²) in [6.07, 6.45) is 13.5. The lowest BCUT2D eigenvalue weighted by molar-refractivity contribution is 0.183. The minimum atomic E-state index is 0.742. The number of hydrogen-bond donors (Lipinski definition) is 0. The smallest absolute Gasteiger partial charge is 0.119 e. The van der Waals surface area contributed by atoms with E-state index >= 15 is 0 Å². The maximum Gasteiger partial charge on any atom is 0.119 e. The first-order valence-corrected chi connectivity index (χ1v) is 14.1. The largest absolute Gasteiger partial charge is 0.492 e. The third-order valence-electron chi connectivity index (χ3n) is 8.28. The molecular formula is C30H41ClN2O. The Hall–Kier alpha value is -1.55. The third kappa shape index (κ3) is 6.36. The molecule has 4 heteroatoms. The van der Waals surface area contributed by atoms with Crippen LogP contribution in [-0.4, -0.2) is 55.2 Å². The van der Waals surface area contributed by atoms with Gasteiger partial charge in [-0.15, -0.1) is 0 Å². The van der Waals surface area contributed by atoms with Gasteiger partial charge in [0.1, 0.15) is 12.4 Å². The van der Waals surface area contributed by atoms with E-state index in [2.05, 4.69) is 52.3 Å². The summed E-state index contributed by atoms with van der Waals surface area (Å²) in [6, 6.07) is 16.0. The zero-order valence-corrected chi connectivity index (χ0v) is 21.4. The van der Waals surface area contributed by atoms with Crippen LogP contribution in [0.5, 0.6) is 5.75 Å². The lowest BCUT2D eigenvalue weighted by Gasteiger charge is -2.31. The second-order valence-corrected chi connectivity index (χ2v) is 11.1. The van der Waals surface area contributed by atoms with Gasteiger partial charge in [0.25, 0.3) is 0 Å². The number of halogens is 1. The molecule has 1 saturated carbocycles. The Bertz CT molecular complexity index is 903. The summed E-state index contributed by atoms with van der Waals surface area (Å²) in [5.74, 6) is 1.69. The van der Waals surface area contributed by atoms with E-state index in [1.807, 2.05) is 0 Å². The van der Waals surface area contributed by atoms with Crippen LogP contribution in [0.2, 0.25) is 5.02 Å². The number of piperidine rings is 1. The highest BCUT2D eigenvalue weighted by molar-refractivity contribution is 6.31. The first kappa shape index (κ1) is 24.2. The Morgan fingerprint density at radius 1 is 0.794 bits per heavy atom. The fraction of sp³-hybridized carbons (Fsp3) is 0.600. The molecule has 0 radical (unpaired) electrons. The van der Waals surface area contributed by atoms with Gasteiger partial charge in [-0.1, -0.05) is 61.5 Å². The van der Waals surface area contributed by atoms with Crippen LogP contribution in [0, 0.1) is 5.92 Å². The van der Waals surface area contributed by atoms with Gasteiger partial charge in [-0.25, -0.2) is 0 Å². The molecule has 3 nitrogen and oxygen atoms in total. The average molecular weight is 481 g/mol. The van der Waals surface area contributed by atoms with Gasteiger partial charge in [0.05, 0.1) is 0 Å². The maximum atomic E-state index is 6.77. The summed E-state index contributed by atoms with van der Waals surface area (Å²) >= 11 is 6.77. The van der Waals surface area contributed by atoms with Crippen molar-refractivity contribution in [3.63, 3.8) is 0 Å². The zero-order chi connectivity index (χ0) is 23.2. The minimum Gasteiger partial charge on any atom is -0.492 e. The van der Waals surface area contributed by atoms with E-state index in [-0.39, 0.29) is 0 Å². The topological polar surface area (TPSA) is 15.7 Å². The zero-order valence-electron chi connectivity index (χ0n) is 20.7. The fourth-order valence-electron chi connectivity index (χ4n) is 6.23. The Morgan fingerprint density at radius 2 is 1.53 bits per heavy atom. The van der Waals surface area contributed by atoms with E-state index in [0.717, 1.165) is 42.3 Å². The number of nitrogens with zero attached hydrogens (tertiary/aromatic N) is 2. The van der Waals surface area contributed by atoms with E-state index < -0.39 is 0 Å². The molecule has 3 fully saturated rings. The van der Waals surface area contributed by atoms with Crippen molar-refractivity contribution >= 4 is 11.6 Å². The molecule has 1 atom stereocenters. The highest BCUT2D eigenvalue weighted by atomic mass is 35.5. The minimum absolute atomic E-state index is 0.742. The third-order valence-corrected chi connectivity index (χ3v) is 8.63. The molecule has 184 valence electrons. The van der Waals surface area contributed by atoms with Gasteiger partial charge in [0, 0.05) is 24.2 Å². The van der Waals surface area contributed by atoms with Gasteiger partial charge in [0.2, 0.25) is 0 Å². The Kier molecular flexibility index (Phi) is 8.47. The molecule has 1 unspecified atom stereocenters. The van der Waals surface area contributed by atoms with Crippen molar-refractivity contribution in [2.75, 3.05) is 39.3 Å².